The van der Waals surface area contributed by atoms with E-state index in [0.717, 1.165) is 25.1 Å². The van der Waals surface area contributed by atoms with Crippen molar-refractivity contribution in [2.75, 3.05) is 26.3 Å². The molecule has 0 aliphatic carbocycles. The van der Waals surface area contributed by atoms with Gasteiger partial charge in [0.15, 0.2) is 0 Å². The summed E-state index contributed by atoms with van der Waals surface area (Å²) in [5.74, 6) is 1.25. The second kappa shape index (κ2) is 7.36. The number of carbonyl (C=O) groups excluding carboxylic acids is 1. The number of amides is 1. The average Bonchev–Trinajstić information content (AvgIpc) is 2.60. The molecular formula is C19H23NO3. The van der Waals surface area contributed by atoms with Gasteiger partial charge in [-0.3, -0.25) is 0 Å². The van der Waals surface area contributed by atoms with Crippen LogP contribution in [0.15, 0.2) is 42.5 Å². The van der Waals surface area contributed by atoms with Gasteiger partial charge in [-0.15, -0.1) is 0 Å². The van der Waals surface area contributed by atoms with Crippen molar-refractivity contribution < 1.29 is 14.3 Å². The van der Waals surface area contributed by atoms with Gasteiger partial charge in [-0.25, -0.2) is 4.79 Å². The zero-order valence-electron chi connectivity index (χ0n) is 13.5. The monoisotopic (exact) mass is 313 g/mol. The molecule has 3 rings (SSSR count). The quantitative estimate of drug-likeness (QED) is 0.853. The predicted octanol–water partition coefficient (Wildman–Crippen LogP) is 4.09. The Kier molecular flexibility index (Phi) is 5.01. The van der Waals surface area contributed by atoms with Crippen LogP contribution in [-0.4, -0.2) is 37.3 Å². The van der Waals surface area contributed by atoms with Gasteiger partial charge >= 0.3 is 6.09 Å². The summed E-state index contributed by atoms with van der Waals surface area (Å²) in [6.45, 7) is 4.39. The summed E-state index contributed by atoms with van der Waals surface area (Å²) in [6, 6.07) is 14.4. The van der Waals surface area contributed by atoms with Crippen LogP contribution in [0.3, 0.4) is 0 Å². The summed E-state index contributed by atoms with van der Waals surface area (Å²) in [6.07, 6.45) is 1.89. The molecule has 0 radical (unpaired) electrons. The van der Waals surface area contributed by atoms with Crippen LogP contribution in [0.1, 0.15) is 19.8 Å². The lowest BCUT2D eigenvalue weighted by atomic mass is 9.99. The first-order valence-corrected chi connectivity index (χ1v) is 8.29. The third-order valence-electron chi connectivity index (χ3n) is 4.25. The lowest BCUT2D eigenvalue weighted by Gasteiger charge is -2.31. The van der Waals surface area contributed by atoms with E-state index < -0.39 is 0 Å². The highest BCUT2D eigenvalue weighted by atomic mass is 16.6. The van der Waals surface area contributed by atoms with Crippen LogP contribution in [-0.2, 0) is 4.74 Å². The molecule has 1 heterocycles. The van der Waals surface area contributed by atoms with Gasteiger partial charge < -0.3 is 14.4 Å². The molecule has 2 aromatic rings. The fourth-order valence-corrected chi connectivity index (χ4v) is 3.05. The maximum Gasteiger partial charge on any atom is 0.409 e. The van der Waals surface area contributed by atoms with Gasteiger partial charge in [-0.2, -0.15) is 0 Å². The molecule has 1 saturated heterocycles. The molecule has 1 aliphatic rings. The van der Waals surface area contributed by atoms with E-state index in [4.69, 9.17) is 9.47 Å². The molecule has 1 fully saturated rings. The number of ether oxygens (including phenoxy) is 2. The number of hydrogen-bond donors (Lipinski definition) is 0. The Hall–Kier alpha value is -2.23. The van der Waals surface area contributed by atoms with E-state index in [2.05, 4.69) is 24.3 Å². The van der Waals surface area contributed by atoms with Crippen LogP contribution in [0.25, 0.3) is 10.8 Å². The molecule has 1 atom stereocenters. The smallest absolute Gasteiger partial charge is 0.409 e. The van der Waals surface area contributed by atoms with Gasteiger partial charge in [0.2, 0.25) is 0 Å². The molecule has 4 nitrogen and oxygen atoms in total. The van der Waals surface area contributed by atoms with Crippen molar-refractivity contribution in [3.63, 3.8) is 0 Å². The van der Waals surface area contributed by atoms with E-state index in [1.54, 1.807) is 4.90 Å². The number of likely N-dealkylation sites (tertiary alicyclic amines) is 1. The predicted molar refractivity (Wildman–Crippen MR) is 90.8 cm³/mol. The molecule has 0 bridgehead atoms. The number of benzene rings is 2. The summed E-state index contributed by atoms with van der Waals surface area (Å²) < 4.78 is 11.0. The number of rotatable bonds is 4. The van der Waals surface area contributed by atoms with E-state index in [1.165, 1.54) is 10.8 Å². The van der Waals surface area contributed by atoms with Gasteiger partial charge in [-0.1, -0.05) is 30.3 Å². The first kappa shape index (κ1) is 15.7. The van der Waals surface area contributed by atoms with Crippen LogP contribution in [0.2, 0.25) is 0 Å². The van der Waals surface area contributed by atoms with Crippen LogP contribution in [0.5, 0.6) is 5.75 Å². The molecule has 0 spiro atoms. The zero-order chi connectivity index (χ0) is 16.1. The van der Waals surface area contributed by atoms with Gasteiger partial charge in [0.1, 0.15) is 5.75 Å². The van der Waals surface area contributed by atoms with Crippen molar-refractivity contribution in [3.8, 4) is 5.75 Å². The Balaban J connectivity index is 1.57. The SMILES string of the molecule is CCOC(=O)N1CCCC(COc2ccc3ccccc3c2)C1. The maximum absolute atomic E-state index is 11.8. The summed E-state index contributed by atoms with van der Waals surface area (Å²) >= 11 is 0. The number of hydrogen-bond acceptors (Lipinski definition) is 3. The highest BCUT2D eigenvalue weighted by Gasteiger charge is 2.24. The molecule has 0 saturated carbocycles. The van der Waals surface area contributed by atoms with Crippen molar-refractivity contribution in [3.05, 3.63) is 42.5 Å². The average molecular weight is 313 g/mol. The number of nitrogens with zero attached hydrogens (tertiary/aromatic N) is 1. The van der Waals surface area contributed by atoms with E-state index in [9.17, 15) is 4.79 Å². The topological polar surface area (TPSA) is 38.8 Å². The Morgan fingerprint density at radius 3 is 2.87 bits per heavy atom. The first-order valence-electron chi connectivity index (χ1n) is 8.29. The van der Waals surface area contributed by atoms with E-state index in [1.807, 2.05) is 25.1 Å². The van der Waals surface area contributed by atoms with E-state index >= 15 is 0 Å². The van der Waals surface area contributed by atoms with Gasteiger partial charge in [0.25, 0.3) is 0 Å². The van der Waals surface area contributed by atoms with Crippen LogP contribution in [0.4, 0.5) is 4.79 Å². The first-order chi connectivity index (χ1) is 11.3. The largest absolute Gasteiger partial charge is 0.493 e. The Morgan fingerprint density at radius 2 is 2.04 bits per heavy atom. The molecular weight excluding hydrogens is 290 g/mol. The van der Waals surface area contributed by atoms with E-state index in [0.29, 0.717) is 25.7 Å². The highest BCUT2D eigenvalue weighted by Crippen LogP contribution is 2.23. The Bertz CT molecular complexity index is 670. The lowest BCUT2D eigenvalue weighted by Crippen LogP contribution is -2.41. The van der Waals surface area contributed by atoms with Crippen molar-refractivity contribution in [1.29, 1.82) is 0 Å². The summed E-state index contributed by atoms with van der Waals surface area (Å²) in [7, 11) is 0. The van der Waals surface area contributed by atoms with Crippen molar-refractivity contribution >= 4 is 16.9 Å². The molecule has 2 aromatic carbocycles. The van der Waals surface area contributed by atoms with Gasteiger partial charge in [0.05, 0.1) is 13.2 Å². The lowest BCUT2D eigenvalue weighted by molar-refractivity contribution is 0.0790. The molecule has 1 amide bonds. The number of fused-ring (bicyclic) bond motifs is 1. The second-order valence-electron chi connectivity index (χ2n) is 5.97. The van der Waals surface area contributed by atoms with Crippen LogP contribution >= 0.6 is 0 Å². The molecule has 1 unspecified atom stereocenters. The van der Waals surface area contributed by atoms with Crippen molar-refractivity contribution in [2.45, 2.75) is 19.8 Å². The second-order valence-corrected chi connectivity index (χ2v) is 5.97. The zero-order valence-corrected chi connectivity index (χ0v) is 13.5. The maximum atomic E-state index is 11.8. The Morgan fingerprint density at radius 1 is 1.22 bits per heavy atom. The van der Waals surface area contributed by atoms with E-state index in [-0.39, 0.29) is 6.09 Å². The standard InChI is InChI=1S/C19H23NO3/c1-2-22-19(21)20-11-5-6-15(13-20)14-23-18-10-9-16-7-3-4-8-17(16)12-18/h3-4,7-10,12,15H,2,5-6,11,13-14H2,1H3. The van der Waals surface area contributed by atoms with Gasteiger partial charge in [-0.05, 0) is 42.7 Å². The minimum absolute atomic E-state index is 0.206. The fraction of sp³-hybridized carbons (Fsp3) is 0.421. The third-order valence-corrected chi connectivity index (χ3v) is 4.25. The molecule has 4 heteroatoms. The minimum atomic E-state index is -0.206. The summed E-state index contributed by atoms with van der Waals surface area (Å²) in [5.41, 5.74) is 0. The van der Waals surface area contributed by atoms with Crippen LogP contribution in [0, 0.1) is 5.92 Å². The number of carbonyl (C=O) groups is 1. The summed E-state index contributed by atoms with van der Waals surface area (Å²) in [5, 5.41) is 2.40. The minimum Gasteiger partial charge on any atom is -0.493 e. The normalized spacial score (nSPS) is 18.0. The number of piperidine rings is 1. The molecule has 122 valence electrons. The highest BCUT2D eigenvalue weighted by molar-refractivity contribution is 5.83. The molecule has 0 aromatic heterocycles. The summed E-state index contributed by atoms with van der Waals surface area (Å²) in [4.78, 5) is 13.6. The fourth-order valence-electron chi connectivity index (χ4n) is 3.05. The molecule has 23 heavy (non-hydrogen) atoms. The van der Waals surface area contributed by atoms with Crippen LogP contribution < -0.4 is 4.74 Å². The molecule has 0 N–H and O–H groups in total. The van der Waals surface area contributed by atoms with Crippen molar-refractivity contribution in [1.82, 2.24) is 4.90 Å². The third kappa shape index (κ3) is 3.95. The van der Waals surface area contributed by atoms with Crippen molar-refractivity contribution in [2.24, 2.45) is 5.92 Å². The molecule has 1 aliphatic heterocycles. The Labute approximate surface area is 137 Å². The van der Waals surface area contributed by atoms with Gasteiger partial charge in [0, 0.05) is 19.0 Å².